The Morgan fingerprint density at radius 2 is 1.69 bits per heavy atom. The highest BCUT2D eigenvalue weighted by atomic mass is 16.5. The van der Waals surface area contributed by atoms with Gasteiger partial charge in [-0.25, -0.2) is 4.98 Å². The Hall–Kier alpha value is -3.78. The zero-order valence-electron chi connectivity index (χ0n) is 20.5. The third-order valence-corrected chi connectivity index (χ3v) is 5.82. The van der Waals surface area contributed by atoms with Crippen LogP contribution >= 0.6 is 0 Å². The molecular formula is C27H32N4O4. The lowest BCUT2D eigenvalue weighted by Crippen LogP contribution is -2.27. The average Bonchev–Trinajstić information content (AvgIpc) is 3.49. The number of rotatable bonds is 12. The van der Waals surface area contributed by atoms with Gasteiger partial charge in [-0.1, -0.05) is 26.0 Å². The van der Waals surface area contributed by atoms with E-state index in [0.717, 1.165) is 43.0 Å². The summed E-state index contributed by atoms with van der Waals surface area (Å²) in [7, 11) is 0. The second-order valence-electron chi connectivity index (χ2n) is 8.02. The van der Waals surface area contributed by atoms with Crippen molar-refractivity contribution in [2.45, 2.75) is 33.9 Å². The molecule has 0 saturated carbocycles. The Morgan fingerprint density at radius 3 is 2.40 bits per heavy atom. The van der Waals surface area contributed by atoms with E-state index in [0.29, 0.717) is 24.1 Å². The first-order chi connectivity index (χ1) is 17.1. The minimum atomic E-state index is -0.350. The molecule has 0 spiro atoms. The van der Waals surface area contributed by atoms with Gasteiger partial charge in [0.1, 0.15) is 23.9 Å². The SMILES string of the molecule is CCOc1ccc(OCc2ccc(C(=O)Nc3nc4ccccc4n3CCN(CC)CC)o2)cc1. The van der Waals surface area contributed by atoms with Crippen LogP contribution in [0.1, 0.15) is 37.1 Å². The lowest BCUT2D eigenvalue weighted by Gasteiger charge is -2.19. The first-order valence-corrected chi connectivity index (χ1v) is 12.0. The summed E-state index contributed by atoms with van der Waals surface area (Å²) in [5.74, 6) is 2.40. The molecule has 8 nitrogen and oxygen atoms in total. The maximum Gasteiger partial charge on any atom is 0.293 e. The van der Waals surface area contributed by atoms with E-state index in [1.54, 1.807) is 12.1 Å². The van der Waals surface area contributed by atoms with Crippen LogP contribution in [0.5, 0.6) is 11.5 Å². The van der Waals surface area contributed by atoms with Crippen molar-refractivity contribution in [2.75, 3.05) is 31.6 Å². The molecule has 0 saturated heterocycles. The van der Waals surface area contributed by atoms with E-state index in [1.165, 1.54) is 0 Å². The second kappa shape index (κ2) is 11.6. The van der Waals surface area contributed by atoms with Gasteiger partial charge in [0.15, 0.2) is 5.76 Å². The summed E-state index contributed by atoms with van der Waals surface area (Å²) < 4.78 is 19.0. The van der Waals surface area contributed by atoms with E-state index in [9.17, 15) is 4.79 Å². The summed E-state index contributed by atoms with van der Waals surface area (Å²) in [5.41, 5.74) is 1.82. The number of hydrogen-bond donors (Lipinski definition) is 1. The molecule has 4 aromatic rings. The van der Waals surface area contributed by atoms with Gasteiger partial charge in [0.25, 0.3) is 5.91 Å². The van der Waals surface area contributed by atoms with E-state index < -0.39 is 0 Å². The molecule has 0 unspecified atom stereocenters. The molecule has 1 N–H and O–H groups in total. The van der Waals surface area contributed by atoms with Crippen LogP contribution in [0.2, 0.25) is 0 Å². The summed E-state index contributed by atoms with van der Waals surface area (Å²) in [6.07, 6.45) is 0. The number of ether oxygens (including phenoxy) is 2. The summed E-state index contributed by atoms with van der Waals surface area (Å²) in [5, 5.41) is 2.93. The summed E-state index contributed by atoms with van der Waals surface area (Å²) in [6, 6.07) is 18.7. The second-order valence-corrected chi connectivity index (χ2v) is 8.02. The van der Waals surface area contributed by atoms with Crippen molar-refractivity contribution in [3.63, 3.8) is 0 Å². The molecule has 0 fully saturated rings. The largest absolute Gasteiger partial charge is 0.494 e. The molecule has 0 radical (unpaired) electrons. The van der Waals surface area contributed by atoms with Crippen LogP contribution in [0.15, 0.2) is 65.1 Å². The predicted molar refractivity (Wildman–Crippen MR) is 136 cm³/mol. The molecule has 0 aliphatic heterocycles. The van der Waals surface area contributed by atoms with Gasteiger partial charge < -0.3 is 23.4 Å². The Morgan fingerprint density at radius 1 is 0.971 bits per heavy atom. The number of carbonyl (C=O) groups excluding carboxylic acids is 1. The predicted octanol–water partition coefficient (Wildman–Crippen LogP) is 5.20. The van der Waals surface area contributed by atoms with E-state index in [-0.39, 0.29) is 18.3 Å². The van der Waals surface area contributed by atoms with Crippen LogP contribution in [0.25, 0.3) is 11.0 Å². The first kappa shape index (κ1) is 24.3. The fourth-order valence-electron chi connectivity index (χ4n) is 3.87. The highest BCUT2D eigenvalue weighted by molar-refractivity contribution is 6.02. The third-order valence-electron chi connectivity index (χ3n) is 5.82. The molecular weight excluding hydrogens is 444 g/mol. The van der Waals surface area contributed by atoms with Crippen LogP contribution in [-0.2, 0) is 13.2 Å². The number of furan rings is 1. The molecule has 35 heavy (non-hydrogen) atoms. The lowest BCUT2D eigenvalue weighted by molar-refractivity contribution is 0.0991. The molecule has 184 valence electrons. The van der Waals surface area contributed by atoms with Crippen LogP contribution < -0.4 is 14.8 Å². The maximum atomic E-state index is 13.0. The van der Waals surface area contributed by atoms with Crippen molar-refractivity contribution in [2.24, 2.45) is 0 Å². The Balaban J connectivity index is 1.42. The van der Waals surface area contributed by atoms with Gasteiger partial charge in [0, 0.05) is 13.1 Å². The van der Waals surface area contributed by atoms with E-state index in [1.807, 2.05) is 60.0 Å². The normalized spacial score (nSPS) is 11.2. The van der Waals surface area contributed by atoms with Gasteiger partial charge in [-0.15, -0.1) is 0 Å². The Labute approximate surface area is 205 Å². The molecule has 2 heterocycles. The topological polar surface area (TPSA) is 81.8 Å². The van der Waals surface area contributed by atoms with Gasteiger partial charge in [-0.3, -0.25) is 10.1 Å². The van der Waals surface area contributed by atoms with E-state index in [4.69, 9.17) is 13.9 Å². The zero-order chi connectivity index (χ0) is 24.6. The number of benzene rings is 2. The fraction of sp³-hybridized carbons (Fsp3) is 0.333. The van der Waals surface area contributed by atoms with Gasteiger partial charge in [0.05, 0.1) is 17.6 Å². The number of hydrogen-bond acceptors (Lipinski definition) is 6. The van der Waals surface area contributed by atoms with E-state index in [2.05, 4.69) is 29.0 Å². The quantitative estimate of drug-likeness (QED) is 0.303. The molecule has 1 amide bonds. The van der Waals surface area contributed by atoms with Crippen molar-refractivity contribution in [1.29, 1.82) is 0 Å². The van der Waals surface area contributed by atoms with Crippen molar-refractivity contribution >= 4 is 22.9 Å². The number of aromatic nitrogens is 2. The molecule has 0 aliphatic rings. The van der Waals surface area contributed by atoms with Crippen LogP contribution in [0.3, 0.4) is 0 Å². The van der Waals surface area contributed by atoms with Crippen molar-refractivity contribution in [3.05, 3.63) is 72.2 Å². The fourth-order valence-corrected chi connectivity index (χ4v) is 3.87. The monoisotopic (exact) mass is 476 g/mol. The zero-order valence-corrected chi connectivity index (χ0v) is 20.5. The number of amides is 1. The van der Waals surface area contributed by atoms with Crippen LogP contribution in [0, 0.1) is 0 Å². The average molecular weight is 477 g/mol. The number of fused-ring (bicyclic) bond motifs is 1. The molecule has 0 bridgehead atoms. The molecule has 2 aromatic heterocycles. The summed E-state index contributed by atoms with van der Waals surface area (Å²) in [6.45, 7) is 10.6. The Kier molecular flexibility index (Phi) is 8.05. The number of nitrogens with zero attached hydrogens (tertiary/aromatic N) is 3. The number of nitrogens with one attached hydrogen (secondary N) is 1. The number of likely N-dealkylation sites (N-methyl/N-ethyl adjacent to an activating group) is 1. The lowest BCUT2D eigenvalue weighted by atomic mass is 10.3. The molecule has 8 heteroatoms. The maximum absolute atomic E-state index is 13.0. The number of carbonyl (C=O) groups is 1. The Bertz CT molecular complexity index is 1240. The third kappa shape index (κ3) is 6.02. The highest BCUT2D eigenvalue weighted by Gasteiger charge is 2.17. The van der Waals surface area contributed by atoms with Crippen molar-refractivity contribution < 1.29 is 18.7 Å². The minimum Gasteiger partial charge on any atom is -0.494 e. The summed E-state index contributed by atoms with van der Waals surface area (Å²) in [4.78, 5) is 19.9. The van der Waals surface area contributed by atoms with E-state index >= 15 is 0 Å². The van der Waals surface area contributed by atoms with Gasteiger partial charge >= 0.3 is 0 Å². The number of imidazole rings is 1. The summed E-state index contributed by atoms with van der Waals surface area (Å²) >= 11 is 0. The number of para-hydroxylation sites is 2. The van der Waals surface area contributed by atoms with Crippen LogP contribution in [0.4, 0.5) is 5.95 Å². The molecule has 2 aromatic carbocycles. The van der Waals surface area contributed by atoms with Gasteiger partial charge in [-0.2, -0.15) is 0 Å². The van der Waals surface area contributed by atoms with Gasteiger partial charge in [-0.05, 0) is 68.5 Å². The minimum absolute atomic E-state index is 0.206. The molecule has 4 rings (SSSR count). The van der Waals surface area contributed by atoms with Gasteiger partial charge in [0.2, 0.25) is 5.95 Å². The molecule has 0 atom stereocenters. The van der Waals surface area contributed by atoms with Crippen LogP contribution in [-0.4, -0.2) is 46.6 Å². The van der Waals surface area contributed by atoms with Crippen molar-refractivity contribution in [1.82, 2.24) is 14.5 Å². The molecule has 0 aliphatic carbocycles. The van der Waals surface area contributed by atoms with Crippen molar-refractivity contribution in [3.8, 4) is 11.5 Å². The smallest absolute Gasteiger partial charge is 0.293 e. The first-order valence-electron chi connectivity index (χ1n) is 12.0. The highest BCUT2D eigenvalue weighted by Crippen LogP contribution is 2.22. The number of anilines is 1. The standard InChI is InChI=1S/C27H32N4O4/c1-4-30(5-2)17-18-31-24-10-8-7-9-23(24)28-27(31)29-26(32)25-16-15-22(35-25)19-34-21-13-11-20(12-14-21)33-6-3/h7-16H,4-6,17-19H2,1-3H3,(H,28,29,32).